The zero-order chi connectivity index (χ0) is 29.1. The van der Waals surface area contributed by atoms with Crippen molar-refractivity contribution in [2.24, 2.45) is 4.99 Å². The molecule has 7 heterocycles. The Labute approximate surface area is 245 Å². The summed E-state index contributed by atoms with van der Waals surface area (Å²) in [5.74, 6) is 2.14. The maximum atomic E-state index is 9.73. The van der Waals surface area contributed by atoms with Gasteiger partial charge in [-0.05, 0) is 43.3 Å². The number of nitrogens with zero attached hydrogens (tertiary/aromatic N) is 7. The van der Waals surface area contributed by atoms with Gasteiger partial charge in [0.2, 0.25) is 5.88 Å². The quantitative estimate of drug-likeness (QED) is 0.291. The molecule has 3 atom stereocenters. The Bertz CT molecular complexity index is 1520. The molecular formula is C31H36N8O3. The summed E-state index contributed by atoms with van der Waals surface area (Å²) in [6.07, 6.45) is 10.5. The molecule has 1 N–H and O–H groups in total. The van der Waals surface area contributed by atoms with Crippen molar-refractivity contribution in [1.29, 1.82) is 5.26 Å². The van der Waals surface area contributed by atoms with E-state index in [0.717, 1.165) is 55.2 Å². The van der Waals surface area contributed by atoms with Crippen molar-refractivity contribution in [3.05, 3.63) is 71.5 Å². The molecule has 0 aromatic carbocycles. The number of rotatable bonds is 10. The van der Waals surface area contributed by atoms with Gasteiger partial charge in [-0.15, -0.1) is 0 Å². The van der Waals surface area contributed by atoms with Crippen LogP contribution < -0.4 is 14.8 Å². The van der Waals surface area contributed by atoms with E-state index in [2.05, 4.69) is 49.0 Å². The maximum absolute atomic E-state index is 9.73. The smallest absolute Gasteiger partial charge is 0.212 e. The van der Waals surface area contributed by atoms with Crippen molar-refractivity contribution < 1.29 is 14.2 Å². The lowest BCUT2D eigenvalue weighted by molar-refractivity contribution is -0.0645. The Morgan fingerprint density at radius 3 is 2.83 bits per heavy atom. The molecule has 0 amide bonds. The minimum Gasteiger partial charge on any atom is -0.489 e. The molecule has 218 valence electrons. The third-order valence-corrected chi connectivity index (χ3v) is 8.26. The Kier molecular flexibility index (Phi) is 8.19. The van der Waals surface area contributed by atoms with Gasteiger partial charge in [-0.2, -0.15) is 10.4 Å². The second kappa shape index (κ2) is 12.3. The Hall–Kier alpha value is -4.24. The normalized spacial score (nSPS) is 22.9. The number of pyridine rings is 2. The van der Waals surface area contributed by atoms with Gasteiger partial charge < -0.3 is 24.4 Å². The number of allylic oxidation sites excluding steroid dienone is 3. The molecule has 3 aromatic heterocycles. The number of aliphatic imine (C=N–C) groups is 1. The highest BCUT2D eigenvalue weighted by Crippen LogP contribution is 2.36. The second-order valence-electron chi connectivity index (χ2n) is 10.9. The molecule has 3 aromatic rings. The largest absolute Gasteiger partial charge is 0.489 e. The van der Waals surface area contributed by atoms with Crippen LogP contribution in [0.1, 0.15) is 30.0 Å². The third-order valence-electron chi connectivity index (χ3n) is 8.26. The van der Waals surface area contributed by atoms with E-state index in [0.29, 0.717) is 42.5 Å². The molecule has 0 saturated carbocycles. The lowest BCUT2D eigenvalue weighted by Gasteiger charge is -2.57. The summed E-state index contributed by atoms with van der Waals surface area (Å²) in [4.78, 5) is 13.6. The lowest BCUT2D eigenvalue weighted by Crippen LogP contribution is -2.67. The van der Waals surface area contributed by atoms with Gasteiger partial charge in [-0.1, -0.05) is 12.1 Å². The number of nitrogens with one attached hydrogen (secondary N) is 1. The van der Waals surface area contributed by atoms with Crippen molar-refractivity contribution in [1.82, 2.24) is 29.7 Å². The van der Waals surface area contributed by atoms with Crippen LogP contribution in [0, 0.1) is 11.3 Å². The first-order valence-electron chi connectivity index (χ1n) is 14.3. The number of hydrogen-bond donors (Lipinski definition) is 1. The van der Waals surface area contributed by atoms with Crippen LogP contribution in [0.4, 0.5) is 0 Å². The van der Waals surface area contributed by atoms with Crippen molar-refractivity contribution in [2.45, 2.75) is 38.1 Å². The molecule has 4 aliphatic rings. The average Bonchev–Trinajstić information content (AvgIpc) is 3.46. The summed E-state index contributed by atoms with van der Waals surface area (Å²) >= 11 is 0. The van der Waals surface area contributed by atoms with Crippen LogP contribution in [-0.2, 0) is 11.3 Å². The molecule has 11 heteroatoms. The van der Waals surface area contributed by atoms with Gasteiger partial charge in [-0.25, -0.2) is 14.5 Å². The predicted octanol–water partition coefficient (Wildman–Crippen LogP) is 2.88. The van der Waals surface area contributed by atoms with Gasteiger partial charge in [0.1, 0.15) is 30.4 Å². The number of aromatic nitrogens is 3. The van der Waals surface area contributed by atoms with Crippen LogP contribution in [0.15, 0.2) is 59.8 Å². The number of morpholine rings is 1. The molecule has 0 aliphatic carbocycles. The zero-order valence-electron chi connectivity index (χ0n) is 24.1. The molecule has 4 fully saturated rings. The summed E-state index contributed by atoms with van der Waals surface area (Å²) in [7, 11) is 1.63. The van der Waals surface area contributed by atoms with Crippen LogP contribution >= 0.6 is 0 Å². The van der Waals surface area contributed by atoms with Crippen LogP contribution in [0.25, 0.3) is 11.1 Å². The Balaban J connectivity index is 1.17. The van der Waals surface area contributed by atoms with Gasteiger partial charge in [0.25, 0.3) is 0 Å². The molecule has 42 heavy (non-hydrogen) atoms. The molecule has 2 unspecified atom stereocenters. The first-order valence-corrected chi connectivity index (χ1v) is 14.3. The molecule has 7 rings (SSSR count). The summed E-state index contributed by atoms with van der Waals surface area (Å²) in [5, 5.41) is 17.5. The number of hydrogen-bond acceptors (Lipinski definition) is 10. The summed E-state index contributed by atoms with van der Waals surface area (Å²) in [5.41, 5.74) is 4.30. The van der Waals surface area contributed by atoms with E-state index in [9.17, 15) is 5.26 Å². The molecular weight excluding hydrogens is 532 g/mol. The van der Waals surface area contributed by atoms with E-state index in [1.54, 1.807) is 17.8 Å². The molecule has 4 saturated heterocycles. The highest BCUT2D eigenvalue weighted by molar-refractivity contribution is 5.82. The van der Waals surface area contributed by atoms with Crippen molar-refractivity contribution >= 4 is 17.8 Å². The van der Waals surface area contributed by atoms with Crippen LogP contribution in [0.3, 0.4) is 0 Å². The number of piperazine rings is 1. The van der Waals surface area contributed by atoms with Gasteiger partial charge in [0.05, 0.1) is 37.2 Å². The minimum absolute atomic E-state index is 0.00876. The van der Waals surface area contributed by atoms with Gasteiger partial charge >= 0.3 is 0 Å². The number of methoxy groups -OCH3 is 1. The summed E-state index contributed by atoms with van der Waals surface area (Å²) < 4.78 is 18.8. The predicted molar refractivity (Wildman–Crippen MR) is 159 cm³/mol. The van der Waals surface area contributed by atoms with E-state index < -0.39 is 0 Å². The van der Waals surface area contributed by atoms with Crippen LogP contribution in [-0.4, -0.2) is 95.8 Å². The van der Waals surface area contributed by atoms with Gasteiger partial charge in [0.15, 0.2) is 0 Å². The van der Waals surface area contributed by atoms with E-state index in [4.69, 9.17) is 14.2 Å². The maximum Gasteiger partial charge on any atom is 0.212 e. The molecule has 0 spiro atoms. The average molecular weight is 569 g/mol. The zero-order valence-corrected chi connectivity index (χ0v) is 24.1. The fraction of sp³-hybridized carbons (Fsp3) is 0.419. The minimum atomic E-state index is -0.00876. The number of piperidine rings is 1. The summed E-state index contributed by atoms with van der Waals surface area (Å²) in [6.45, 7) is 11.3. The van der Waals surface area contributed by atoms with E-state index >= 15 is 0 Å². The van der Waals surface area contributed by atoms with E-state index in [1.165, 1.54) is 12.0 Å². The van der Waals surface area contributed by atoms with Gasteiger partial charge in [0, 0.05) is 62.6 Å². The Morgan fingerprint density at radius 2 is 2.14 bits per heavy atom. The molecule has 4 aliphatic heterocycles. The van der Waals surface area contributed by atoms with Crippen molar-refractivity contribution in [2.75, 3.05) is 46.5 Å². The van der Waals surface area contributed by atoms with Crippen LogP contribution in [0.5, 0.6) is 11.6 Å². The first-order chi connectivity index (χ1) is 20.6. The fourth-order valence-electron chi connectivity index (χ4n) is 5.99. The number of ether oxygens (including phenoxy) is 3. The highest BCUT2D eigenvalue weighted by Gasteiger charge is 2.44. The number of fused-ring (bicyclic) bond motifs is 3. The van der Waals surface area contributed by atoms with Gasteiger partial charge in [-0.3, -0.25) is 4.90 Å². The first kappa shape index (κ1) is 27.9. The van der Waals surface area contributed by atoms with E-state index in [-0.39, 0.29) is 6.10 Å². The van der Waals surface area contributed by atoms with Crippen LogP contribution in [0.2, 0.25) is 0 Å². The molecule has 11 nitrogen and oxygen atoms in total. The van der Waals surface area contributed by atoms with Crippen molar-refractivity contribution in [3.63, 3.8) is 0 Å². The monoisotopic (exact) mass is 568 g/mol. The fourth-order valence-corrected chi connectivity index (χ4v) is 5.99. The lowest BCUT2D eigenvalue weighted by atomic mass is 9.87. The topological polar surface area (TPSA) is 113 Å². The molecule has 2 bridgehead atoms. The molecule has 0 radical (unpaired) electrons. The Morgan fingerprint density at radius 1 is 1.29 bits per heavy atom. The standard InChI is InChI=1S/C31H36N8O3/c1-21(28-11-26(42-20-27-15-34-8-9-41-27)19-39-31(28)23(12-32)14-36-39)4-6-29(33-2)37-17-24-10-25(18-37)38(24)16-22-5-7-30(40-3)35-13-22/h4-7,11,13-14,19,24-25,27,34H,2,8-10,15-18,20H2,1,3H3/b21-4+,29-6+/t24?,25?,27-/m0/s1. The number of nitriles is 1. The highest BCUT2D eigenvalue weighted by atomic mass is 16.5. The van der Waals surface area contributed by atoms with E-state index in [1.807, 2.05) is 43.6 Å². The summed E-state index contributed by atoms with van der Waals surface area (Å²) in [6, 6.07) is 9.15. The SMILES string of the molecule is C=N/C(=C\C=C(/C)c1cc(OC[C@@H]2CNCCO2)cn2ncc(C#N)c12)N1CC2CC(C1)N2Cc1ccc(OC)nc1. The second-order valence-corrected chi connectivity index (χ2v) is 10.9. The third kappa shape index (κ3) is 5.74. The van der Waals surface area contributed by atoms with Crippen molar-refractivity contribution in [3.8, 4) is 17.7 Å².